The van der Waals surface area contributed by atoms with E-state index in [1.165, 1.54) is 0 Å². The number of hydrogen-bond acceptors (Lipinski definition) is 4. The van der Waals surface area contributed by atoms with Crippen molar-refractivity contribution in [3.63, 3.8) is 0 Å². The van der Waals surface area contributed by atoms with E-state index in [0.717, 1.165) is 12.3 Å². The molecule has 0 aliphatic carbocycles. The van der Waals surface area contributed by atoms with Gasteiger partial charge in [0.15, 0.2) is 0 Å². The normalized spacial score (nSPS) is 8.77. The van der Waals surface area contributed by atoms with Crippen molar-refractivity contribution in [2.75, 3.05) is 0 Å². The highest BCUT2D eigenvalue weighted by atomic mass is 16.5. The Morgan fingerprint density at radius 2 is 2.46 bits per heavy atom. The summed E-state index contributed by atoms with van der Waals surface area (Å²) in [5.41, 5.74) is -0.363. The second kappa shape index (κ2) is 4.33. The Labute approximate surface area is 74.8 Å². The summed E-state index contributed by atoms with van der Waals surface area (Å²) in [5, 5.41) is 8.63. The minimum atomic E-state index is -0.363. The summed E-state index contributed by atoms with van der Waals surface area (Å²) < 4.78 is 9.58. The minimum Gasteiger partial charge on any atom is -0.463 e. The van der Waals surface area contributed by atoms with Gasteiger partial charge >= 0.3 is 0 Å². The first-order valence-corrected chi connectivity index (χ1v) is 3.59. The number of rotatable bonds is 2. The lowest BCUT2D eigenvalue weighted by Gasteiger charge is -1.96. The van der Waals surface area contributed by atoms with Crippen molar-refractivity contribution in [3.8, 4) is 17.8 Å². The highest BCUT2D eigenvalue weighted by Crippen LogP contribution is 2.04. The van der Waals surface area contributed by atoms with Crippen LogP contribution in [0.25, 0.3) is 0 Å². The van der Waals surface area contributed by atoms with Crippen molar-refractivity contribution < 1.29 is 14.3 Å². The fourth-order valence-corrected chi connectivity index (χ4v) is 0.702. The molecule has 0 aromatic carbocycles. The Balaban J connectivity index is 2.96. The molecule has 1 rings (SSSR count). The Kier molecular flexibility index (Phi) is 3.12. The molecule has 0 atom stereocenters. The molecule has 0 bridgehead atoms. The zero-order valence-corrected chi connectivity index (χ0v) is 7.03. The Morgan fingerprint density at radius 1 is 1.69 bits per heavy atom. The van der Waals surface area contributed by atoms with E-state index < -0.39 is 0 Å². The summed E-state index contributed by atoms with van der Waals surface area (Å²) in [7, 11) is 0. The van der Waals surface area contributed by atoms with Crippen LogP contribution in [0.3, 0.4) is 0 Å². The summed E-state index contributed by atoms with van der Waals surface area (Å²) in [6.45, 7) is 1.28. The van der Waals surface area contributed by atoms with Crippen molar-refractivity contribution in [1.29, 1.82) is 0 Å². The van der Waals surface area contributed by atoms with E-state index in [4.69, 9.17) is 14.3 Å². The average molecular weight is 180 g/mol. The van der Waals surface area contributed by atoms with Crippen molar-refractivity contribution in [3.05, 3.63) is 28.3 Å². The molecule has 4 nitrogen and oxygen atoms in total. The molecule has 4 heteroatoms. The second-order valence-electron chi connectivity index (χ2n) is 2.19. The minimum absolute atomic E-state index is 0.0200. The van der Waals surface area contributed by atoms with Crippen molar-refractivity contribution in [2.24, 2.45) is 0 Å². The molecule has 0 aliphatic heterocycles. The van der Waals surface area contributed by atoms with Gasteiger partial charge in [0.05, 0.1) is 0 Å². The largest absolute Gasteiger partial charge is 0.463 e. The van der Waals surface area contributed by atoms with E-state index in [-0.39, 0.29) is 23.5 Å². The zero-order valence-electron chi connectivity index (χ0n) is 7.03. The quantitative estimate of drug-likeness (QED) is 0.673. The van der Waals surface area contributed by atoms with Crippen LogP contribution in [0.4, 0.5) is 0 Å². The molecule has 0 amide bonds. The Bertz CT molecular complexity index is 394. The lowest BCUT2D eigenvalue weighted by molar-refractivity contribution is 0.242. The van der Waals surface area contributed by atoms with Crippen LogP contribution in [0, 0.1) is 12.0 Å². The van der Waals surface area contributed by atoms with Crippen LogP contribution >= 0.6 is 0 Å². The van der Waals surface area contributed by atoms with Crippen LogP contribution in [-0.4, -0.2) is 5.11 Å². The first-order valence-electron chi connectivity index (χ1n) is 3.59. The number of aliphatic hydroxyl groups excluding tert-OH is 1. The fourth-order valence-electron chi connectivity index (χ4n) is 0.702. The molecule has 13 heavy (non-hydrogen) atoms. The summed E-state index contributed by atoms with van der Waals surface area (Å²) in [6, 6.07) is 1.16. The summed E-state index contributed by atoms with van der Waals surface area (Å²) in [5.74, 6) is 2.69. The first kappa shape index (κ1) is 9.36. The summed E-state index contributed by atoms with van der Waals surface area (Å²) in [4.78, 5) is 11.1. The third kappa shape index (κ3) is 2.36. The molecule has 1 N–H and O–H groups in total. The standard InChI is InChI=1S/C9H8O4/c1-2-3-12-9-6-13-7(5-10)4-8(9)11/h4,6,10H,5H2,1H3. The van der Waals surface area contributed by atoms with Gasteiger partial charge in [-0.25, -0.2) is 0 Å². The smallest absolute Gasteiger partial charge is 0.228 e. The predicted molar refractivity (Wildman–Crippen MR) is 45.0 cm³/mol. The fraction of sp³-hybridized carbons (Fsp3) is 0.222. The summed E-state index contributed by atoms with van der Waals surface area (Å²) >= 11 is 0. The van der Waals surface area contributed by atoms with Gasteiger partial charge < -0.3 is 14.3 Å². The molecule has 1 heterocycles. The van der Waals surface area contributed by atoms with Gasteiger partial charge in [0.25, 0.3) is 0 Å². The Hall–Kier alpha value is -1.73. The topological polar surface area (TPSA) is 59.7 Å². The number of ether oxygens (including phenoxy) is 1. The number of hydrogen-bond donors (Lipinski definition) is 1. The first-order chi connectivity index (χ1) is 6.27. The van der Waals surface area contributed by atoms with E-state index in [1.807, 2.05) is 0 Å². The number of aliphatic hydroxyl groups is 1. The lowest BCUT2D eigenvalue weighted by atomic mass is 10.4. The third-order valence-corrected chi connectivity index (χ3v) is 1.27. The predicted octanol–water partition coefficient (Wildman–Crippen LogP) is 0.492. The van der Waals surface area contributed by atoms with Gasteiger partial charge in [-0.15, -0.1) is 0 Å². The van der Waals surface area contributed by atoms with E-state index >= 15 is 0 Å². The van der Waals surface area contributed by atoms with Crippen molar-refractivity contribution in [2.45, 2.75) is 13.5 Å². The molecule has 68 valence electrons. The van der Waals surface area contributed by atoms with E-state index in [0.29, 0.717) is 0 Å². The molecule has 0 spiro atoms. The van der Waals surface area contributed by atoms with Crippen molar-refractivity contribution in [1.82, 2.24) is 0 Å². The van der Waals surface area contributed by atoms with Crippen LogP contribution in [0.5, 0.6) is 5.75 Å². The van der Waals surface area contributed by atoms with Gasteiger partial charge in [-0.05, 0) is 0 Å². The van der Waals surface area contributed by atoms with Crippen molar-refractivity contribution >= 4 is 0 Å². The third-order valence-electron chi connectivity index (χ3n) is 1.27. The van der Waals surface area contributed by atoms with Crippen LogP contribution < -0.4 is 10.2 Å². The van der Waals surface area contributed by atoms with Gasteiger partial charge in [-0.3, -0.25) is 4.79 Å². The maximum absolute atomic E-state index is 11.1. The van der Waals surface area contributed by atoms with Crippen LogP contribution in [0.15, 0.2) is 21.5 Å². The molecular formula is C9H8O4. The van der Waals surface area contributed by atoms with Gasteiger partial charge in [0.2, 0.25) is 11.2 Å². The average Bonchev–Trinajstić information content (AvgIpc) is 2.16. The summed E-state index contributed by atoms with van der Waals surface area (Å²) in [6.07, 6.45) is 3.39. The molecule has 0 aliphatic rings. The maximum atomic E-state index is 11.1. The van der Waals surface area contributed by atoms with E-state index in [1.54, 1.807) is 6.92 Å². The van der Waals surface area contributed by atoms with E-state index in [9.17, 15) is 4.79 Å². The van der Waals surface area contributed by atoms with Gasteiger partial charge in [0, 0.05) is 13.0 Å². The molecule has 0 radical (unpaired) electrons. The monoisotopic (exact) mass is 180 g/mol. The van der Waals surface area contributed by atoms with Crippen LogP contribution in [0.1, 0.15) is 12.7 Å². The molecule has 0 fully saturated rings. The van der Waals surface area contributed by atoms with Crippen LogP contribution in [0.2, 0.25) is 0 Å². The van der Waals surface area contributed by atoms with Gasteiger partial charge in [0.1, 0.15) is 24.7 Å². The zero-order chi connectivity index (χ0) is 9.68. The Morgan fingerprint density at radius 3 is 3.00 bits per heavy atom. The molecule has 0 saturated carbocycles. The molecular weight excluding hydrogens is 172 g/mol. The molecule has 1 aromatic rings. The SMILES string of the molecule is CC#COc1coc(CO)cc1=O. The maximum Gasteiger partial charge on any atom is 0.228 e. The highest BCUT2D eigenvalue weighted by Gasteiger charge is 2.02. The van der Waals surface area contributed by atoms with Crippen LogP contribution in [-0.2, 0) is 6.61 Å². The molecule has 0 saturated heterocycles. The van der Waals surface area contributed by atoms with E-state index in [2.05, 4.69) is 12.0 Å². The van der Waals surface area contributed by atoms with Gasteiger partial charge in [-0.2, -0.15) is 0 Å². The van der Waals surface area contributed by atoms with Gasteiger partial charge in [-0.1, -0.05) is 5.92 Å². The highest BCUT2D eigenvalue weighted by molar-refractivity contribution is 5.19. The molecule has 0 unspecified atom stereocenters. The second-order valence-corrected chi connectivity index (χ2v) is 2.19. The lowest BCUT2D eigenvalue weighted by Crippen LogP contribution is -2.04. The molecule has 1 aromatic heterocycles.